The fourth-order valence-electron chi connectivity index (χ4n) is 4.00. The predicted molar refractivity (Wildman–Crippen MR) is 151 cm³/mol. The van der Waals surface area contributed by atoms with Crippen molar-refractivity contribution in [1.82, 2.24) is 10.8 Å². The van der Waals surface area contributed by atoms with E-state index in [1.807, 2.05) is 48.5 Å². The summed E-state index contributed by atoms with van der Waals surface area (Å²) in [6.07, 6.45) is 2.72. The van der Waals surface area contributed by atoms with Crippen LogP contribution in [0, 0.1) is 0 Å². The highest BCUT2D eigenvalue weighted by Crippen LogP contribution is 2.39. The van der Waals surface area contributed by atoms with Crippen molar-refractivity contribution >= 4 is 17.5 Å². The van der Waals surface area contributed by atoms with Crippen molar-refractivity contribution in [3.63, 3.8) is 0 Å². The summed E-state index contributed by atoms with van der Waals surface area (Å²) in [5.41, 5.74) is 4.97. The molecular formula is C30H35ClN2O7. The molecule has 0 aliphatic carbocycles. The van der Waals surface area contributed by atoms with Gasteiger partial charge in [0.05, 0.1) is 24.8 Å². The van der Waals surface area contributed by atoms with Crippen LogP contribution >= 0.6 is 11.6 Å². The lowest BCUT2D eigenvalue weighted by Gasteiger charge is -2.22. The summed E-state index contributed by atoms with van der Waals surface area (Å²) in [5, 5.41) is 3.02. The number of hydroxylamine groups is 1. The van der Waals surface area contributed by atoms with E-state index in [1.54, 1.807) is 26.4 Å². The highest BCUT2D eigenvalue weighted by atomic mass is 35.5. The lowest BCUT2D eigenvalue weighted by Crippen LogP contribution is -2.35. The zero-order chi connectivity index (χ0) is 28.2. The number of benzene rings is 3. The molecule has 4 rings (SSSR count). The fourth-order valence-corrected chi connectivity index (χ4v) is 4.30. The summed E-state index contributed by atoms with van der Waals surface area (Å²) >= 11 is 6.73. The van der Waals surface area contributed by atoms with Crippen LogP contribution in [-0.2, 0) is 22.8 Å². The summed E-state index contributed by atoms with van der Waals surface area (Å²) in [6, 6.07) is 18.4. The minimum Gasteiger partial charge on any atom is -0.497 e. The van der Waals surface area contributed by atoms with Crippen LogP contribution in [-0.4, -0.2) is 46.1 Å². The number of ether oxygens (including phenoxy) is 5. The zero-order valence-electron chi connectivity index (χ0n) is 22.7. The molecule has 40 heavy (non-hydrogen) atoms. The summed E-state index contributed by atoms with van der Waals surface area (Å²) in [5.74, 6) is 1.88. The molecule has 10 heteroatoms. The van der Waals surface area contributed by atoms with Gasteiger partial charge in [0.15, 0.2) is 17.8 Å². The van der Waals surface area contributed by atoms with Crippen molar-refractivity contribution in [2.45, 2.75) is 38.8 Å². The van der Waals surface area contributed by atoms with E-state index in [9.17, 15) is 4.79 Å². The van der Waals surface area contributed by atoms with Gasteiger partial charge < -0.3 is 29.0 Å². The van der Waals surface area contributed by atoms with Crippen LogP contribution in [0.2, 0.25) is 5.02 Å². The standard InChI is InChI=1S/C30H35ClN2O7/c1-35-23-10-6-21(7-11-23)19-38-26-15-14-25(30(34)32-16-17-33-40-27-5-3-4-18-37-27)28(31)29(26)39-20-22-8-12-24(36-2)13-9-22/h6-15,27,33H,3-5,16-20H2,1-2H3,(H,32,34). The van der Waals surface area contributed by atoms with Crippen LogP contribution in [0.1, 0.15) is 40.7 Å². The number of nitrogens with one attached hydrogen (secondary N) is 2. The van der Waals surface area contributed by atoms with Crippen molar-refractivity contribution in [3.8, 4) is 23.0 Å². The van der Waals surface area contributed by atoms with Crippen molar-refractivity contribution in [2.75, 3.05) is 33.9 Å². The maximum absolute atomic E-state index is 13.0. The Kier molecular flexibility index (Phi) is 11.3. The van der Waals surface area contributed by atoms with Gasteiger partial charge in [0, 0.05) is 26.1 Å². The third-order valence-electron chi connectivity index (χ3n) is 6.27. The first-order chi connectivity index (χ1) is 19.6. The Hall–Kier alpha value is -3.50. The molecule has 1 aliphatic rings. The number of hydrogen-bond donors (Lipinski definition) is 2. The molecule has 0 spiro atoms. The van der Waals surface area contributed by atoms with Crippen molar-refractivity contribution in [1.29, 1.82) is 0 Å². The second kappa shape index (κ2) is 15.3. The Balaban J connectivity index is 1.41. The minimum absolute atomic E-state index is 0.165. The molecule has 0 radical (unpaired) electrons. The summed E-state index contributed by atoms with van der Waals surface area (Å²) in [7, 11) is 3.23. The Morgan fingerprint density at radius 1 is 0.875 bits per heavy atom. The highest BCUT2D eigenvalue weighted by molar-refractivity contribution is 6.35. The largest absolute Gasteiger partial charge is 0.497 e. The minimum atomic E-state index is -0.336. The summed E-state index contributed by atoms with van der Waals surface area (Å²) < 4.78 is 28.1. The average Bonchev–Trinajstić information content (AvgIpc) is 3.00. The normalized spacial score (nSPS) is 14.8. The van der Waals surface area contributed by atoms with Crippen LogP contribution in [0.25, 0.3) is 0 Å². The summed E-state index contributed by atoms with van der Waals surface area (Å²) in [6.45, 7) is 1.94. The van der Waals surface area contributed by atoms with E-state index in [0.29, 0.717) is 25.4 Å². The molecule has 1 heterocycles. The molecule has 214 valence electrons. The van der Waals surface area contributed by atoms with Gasteiger partial charge in [-0.3, -0.25) is 9.63 Å². The number of carbonyl (C=O) groups excluding carboxylic acids is 1. The molecule has 0 aromatic heterocycles. The van der Waals surface area contributed by atoms with Gasteiger partial charge in [-0.1, -0.05) is 35.9 Å². The van der Waals surface area contributed by atoms with E-state index >= 15 is 0 Å². The molecule has 3 aromatic rings. The third-order valence-corrected chi connectivity index (χ3v) is 6.64. The van der Waals surface area contributed by atoms with Crippen LogP contribution in [0.4, 0.5) is 0 Å². The number of carbonyl (C=O) groups is 1. The van der Waals surface area contributed by atoms with Gasteiger partial charge in [-0.25, -0.2) is 0 Å². The first-order valence-electron chi connectivity index (χ1n) is 13.2. The number of amides is 1. The molecule has 3 aromatic carbocycles. The van der Waals surface area contributed by atoms with Gasteiger partial charge >= 0.3 is 0 Å². The quantitative estimate of drug-likeness (QED) is 0.199. The molecule has 0 bridgehead atoms. The topological polar surface area (TPSA) is 96.5 Å². The van der Waals surface area contributed by atoms with Gasteiger partial charge in [-0.05, 0) is 60.4 Å². The highest BCUT2D eigenvalue weighted by Gasteiger charge is 2.20. The molecule has 0 saturated carbocycles. The van der Waals surface area contributed by atoms with Gasteiger partial charge in [0.1, 0.15) is 24.7 Å². The Morgan fingerprint density at radius 3 is 2.12 bits per heavy atom. The van der Waals surface area contributed by atoms with Crippen molar-refractivity contribution < 1.29 is 33.3 Å². The van der Waals surface area contributed by atoms with E-state index in [4.69, 9.17) is 40.1 Å². The van der Waals surface area contributed by atoms with E-state index in [-0.39, 0.29) is 41.7 Å². The SMILES string of the molecule is COc1ccc(COc2ccc(C(=O)NCCNOC3CCCCO3)c(Cl)c2OCc2ccc(OC)cc2)cc1. The number of methoxy groups -OCH3 is 2. The number of halogens is 1. The van der Waals surface area contributed by atoms with E-state index in [2.05, 4.69) is 10.8 Å². The second-order valence-electron chi connectivity index (χ2n) is 9.09. The van der Waals surface area contributed by atoms with Gasteiger partial charge in [0.25, 0.3) is 5.91 Å². The van der Waals surface area contributed by atoms with Crippen LogP contribution in [0.15, 0.2) is 60.7 Å². The average molecular weight is 571 g/mol. The van der Waals surface area contributed by atoms with Crippen LogP contribution in [0.3, 0.4) is 0 Å². The molecule has 1 unspecified atom stereocenters. The van der Waals surface area contributed by atoms with Crippen molar-refractivity contribution in [2.24, 2.45) is 0 Å². The Labute approximate surface area is 239 Å². The van der Waals surface area contributed by atoms with E-state index in [1.165, 1.54) is 0 Å². The smallest absolute Gasteiger partial charge is 0.252 e. The third kappa shape index (κ3) is 8.50. The maximum Gasteiger partial charge on any atom is 0.252 e. The summed E-state index contributed by atoms with van der Waals surface area (Å²) in [4.78, 5) is 18.5. The first-order valence-corrected chi connectivity index (χ1v) is 13.6. The Bertz CT molecular complexity index is 1220. The molecule has 1 fully saturated rings. The second-order valence-corrected chi connectivity index (χ2v) is 9.47. The first kappa shape index (κ1) is 29.5. The molecule has 1 amide bonds. The van der Waals surface area contributed by atoms with E-state index in [0.717, 1.165) is 41.9 Å². The number of hydrogen-bond acceptors (Lipinski definition) is 8. The molecule has 1 saturated heterocycles. The van der Waals surface area contributed by atoms with Crippen molar-refractivity contribution in [3.05, 3.63) is 82.4 Å². The molecule has 2 N–H and O–H groups in total. The molecule has 1 atom stereocenters. The lowest BCUT2D eigenvalue weighted by molar-refractivity contribution is -0.196. The molecule has 1 aliphatic heterocycles. The van der Waals surface area contributed by atoms with Gasteiger partial charge in [-0.2, -0.15) is 5.48 Å². The Morgan fingerprint density at radius 2 is 1.52 bits per heavy atom. The van der Waals surface area contributed by atoms with Gasteiger partial charge in [0.2, 0.25) is 0 Å². The fraction of sp³-hybridized carbons (Fsp3) is 0.367. The predicted octanol–water partition coefficient (Wildman–Crippen LogP) is 5.29. The lowest BCUT2D eigenvalue weighted by atomic mass is 10.1. The molecule has 9 nitrogen and oxygen atoms in total. The monoisotopic (exact) mass is 570 g/mol. The molecular weight excluding hydrogens is 536 g/mol. The maximum atomic E-state index is 13.0. The zero-order valence-corrected chi connectivity index (χ0v) is 23.5. The number of rotatable bonds is 14. The van der Waals surface area contributed by atoms with Gasteiger partial charge in [-0.15, -0.1) is 0 Å². The van der Waals surface area contributed by atoms with Crippen LogP contribution < -0.4 is 29.7 Å². The van der Waals surface area contributed by atoms with E-state index < -0.39 is 0 Å². The van der Waals surface area contributed by atoms with Crippen LogP contribution in [0.5, 0.6) is 23.0 Å².